The van der Waals surface area contributed by atoms with Crippen molar-refractivity contribution in [1.82, 2.24) is 39.5 Å². The van der Waals surface area contributed by atoms with Crippen LogP contribution in [0.4, 0.5) is 11.6 Å². The van der Waals surface area contributed by atoms with E-state index in [1.165, 1.54) is 36.3 Å². The normalized spacial score (nSPS) is 19.5. The number of nitrogen functional groups attached to an aromatic ring is 2. The van der Waals surface area contributed by atoms with E-state index in [2.05, 4.69) is 156 Å². The first kappa shape index (κ1) is 46.7. The summed E-state index contributed by atoms with van der Waals surface area (Å²) in [4.78, 5) is 17.0. The number of anilines is 2. The summed E-state index contributed by atoms with van der Waals surface area (Å²) in [6.45, 7) is 17.2. The molecule has 3 aliphatic heterocycles. The number of hydrogen-bond acceptors (Lipinski definition) is 14. The zero-order chi connectivity index (χ0) is 48.6. The summed E-state index contributed by atoms with van der Waals surface area (Å²) in [6, 6.07) is 25.2. The van der Waals surface area contributed by atoms with Crippen LogP contribution in [0.15, 0.2) is 85.5 Å². The van der Waals surface area contributed by atoms with Gasteiger partial charge in [0, 0.05) is 16.4 Å². The minimum absolute atomic E-state index is 0.0667. The Morgan fingerprint density at radius 1 is 0.600 bits per heavy atom. The minimum atomic E-state index is -0.313. The number of rotatable bonds is 10. The largest absolute Gasteiger partial charge is 0.494 e. The Kier molecular flexibility index (Phi) is 11.9. The lowest BCUT2D eigenvalue weighted by Crippen LogP contribution is -2.43. The molecule has 70 heavy (non-hydrogen) atoms. The fourth-order valence-electron chi connectivity index (χ4n) is 8.89. The summed E-state index contributed by atoms with van der Waals surface area (Å²) in [5, 5.41) is 15.7. The van der Waals surface area contributed by atoms with Crippen molar-refractivity contribution in [3.8, 4) is 22.8 Å². The highest BCUT2D eigenvalue weighted by atomic mass is 127. The Morgan fingerprint density at radius 2 is 1.07 bits per heavy atom. The van der Waals surface area contributed by atoms with Gasteiger partial charge in [0.05, 0.1) is 73.7 Å². The maximum Gasteiger partial charge on any atom is 0.494 e. The third kappa shape index (κ3) is 9.47. The molecule has 18 heteroatoms. The molecule has 4 aromatic carbocycles. The lowest BCUT2D eigenvalue weighted by molar-refractivity contribution is -0.111. The van der Waals surface area contributed by atoms with Crippen LogP contribution < -0.4 is 26.4 Å². The van der Waals surface area contributed by atoms with Crippen molar-refractivity contribution in [2.24, 2.45) is 10.8 Å². The fourth-order valence-corrected chi connectivity index (χ4v) is 9.67. The van der Waals surface area contributed by atoms with Crippen molar-refractivity contribution >= 4 is 90.4 Å². The molecule has 13 rings (SSSR count). The molecule has 0 amide bonds. The molecular formula is C52H58BIN10O6. The summed E-state index contributed by atoms with van der Waals surface area (Å²) in [5.74, 6) is 2.83. The highest BCUT2D eigenvalue weighted by Crippen LogP contribution is 2.39. The quantitative estimate of drug-likeness (QED) is 0.0977. The molecule has 4 aromatic heterocycles. The highest BCUT2D eigenvalue weighted by Gasteiger charge is 2.51. The summed E-state index contributed by atoms with van der Waals surface area (Å²) in [7, 11) is -0.313. The molecule has 7 heterocycles. The first-order valence-corrected chi connectivity index (χ1v) is 25.1. The molecule has 0 radical (unpaired) electrons. The van der Waals surface area contributed by atoms with Crippen LogP contribution >= 0.6 is 22.6 Å². The van der Waals surface area contributed by atoms with Gasteiger partial charge in [-0.25, -0.2) is 29.3 Å². The van der Waals surface area contributed by atoms with Gasteiger partial charge in [0.1, 0.15) is 45.2 Å². The fraction of sp³-hybridized carbons (Fsp3) is 0.423. The van der Waals surface area contributed by atoms with Crippen molar-refractivity contribution in [3.05, 3.63) is 89.2 Å². The molecule has 362 valence electrons. The molecule has 5 aliphatic rings. The molecule has 2 saturated carbocycles. The van der Waals surface area contributed by atoms with E-state index in [9.17, 15) is 0 Å². The topological polar surface area (TPSA) is 195 Å². The lowest BCUT2D eigenvalue weighted by atomic mass is 9.78. The molecule has 5 fully saturated rings. The third-order valence-electron chi connectivity index (χ3n) is 14.0. The summed E-state index contributed by atoms with van der Waals surface area (Å²) >= 11 is 2.16. The predicted octanol–water partition coefficient (Wildman–Crippen LogP) is 8.54. The minimum Gasteiger partial charge on any atom is -0.490 e. The van der Waals surface area contributed by atoms with Crippen molar-refractivity contribution in [1.29, 1.82) is 0 Å². The predicted molar refractivity (Wildman–Crippen MR) is 280 cm³/mol. The van der Waals surface area contributed by atoms with Gasteiger partial charge in [-0.3, -0.25) is 0 Å². The maximum atomic E-state index is 6.26. The van der Waals surface area contributed by atoms with Gasteiger partial charge in [-0.15, -0.1) is 0 Å². The number of ether oxygens (including phenoxy) is 4. The second-order valence-corrected chi connectivity index (χ2v) is 22.2. The van der Waals surface area contributed by atoms with Crippen LogP contribution in [-0.2, 0) is 31.9 Å². The number of nitrogens with zero attached hydrogens (tertiary/aromatic N) is 8. The second-order valence-electron chi connectivity index (χ2n) is 21.2. The van der Waals surface area contributed by atoms with E-state index >= 15 is 0 Å². The zero-order valence-electron chi connectivity index (χ0n) is 40.4. The van der Waals surface area contributed by atoms with Crippen LogP contribution in [0.5, 0.6) is 11.5 Å². The number of benzene rings is 4. The average molecular weight is 1060 g/mol. The summed E-state index contributed by atoms with van der Waals surface area (Å²) < 4.78 is 39.4. The molecule has 0 bridgehead atoms. The van der Waals surface area contributed by atoms with Crippen LogP contribution in [0.25, 0.3) is 54.9 Å². The van der Waals surface area contributed by atoms with Crippen molar-refractivity contribution in [3.63, 3.8) is 0 Å². The summed E-state index contributed by atoms with van der Waals surface area (Å²) in [5.41, 5.74) is 16.1. The number of halogens is 1. The van der Waals surface area contributed by atoms with Crippen molar-refractivity contribution < 1.29 is 28.3 Å². The molecule has 16 nitrogen and oxygen atoms in total. The third-order valence-corrected chi connectivity index (χ3v) is 14.8. The molecule has 4 N–H and O–H groups in total. The standard InChI is InChI=1S/C23H23N5O2.C19H23BO3.C10H12IN5O/c1-23(11-29-12-23)10-28-22-19(21(24)25-13-26-22)20(27-28)16-3-2-15-9-18(30-17-6-7-17)5-4-14(15)8-16;1-18(2)19(3,4)23-20(22-18)15-7-5-14-12-17(21-16-9-10-16)8-6-13(14)11-15;1-10(3-17-4-10)2-16-9-6(7(11)15-16)8(12)13-5-14-9/h2-5,8-9,13,17H,6-7,10-12H2,1H3,(H2,24,25,26);5-8,11-12,16H,9-10H2,1-4H3;5H,2-4H2,1H3,(H2,12,13,14). The maximum absolute atomic E-state index is 6.26. The Labute approximate surface area is 420 Å². The van der Waals surface area contributed by atoms with E-state index in [1.807, 2.05) is 15.4 Å². The van der Waals surface area contributed by atoms with E-state index in [1.54, 1.807) is 0 Å². The van der Waals surface area contributed by atoms with Gasteiger partial charge in [-0.1, -0.05) is 56.3 Å². The second kappa shape index (κ2) is 17.9. The van der Waals surface area contributed by atoms with E-state index in [0.29, 0.717) is 23.8 Å². The van der Waals surface area contributed by atoms with Gasteiger partial charge >= 0.3 is 7.12 Å². The van der Waals surface area contributed by atoms with E-state index < -0.39 is 0 Å². The molecule has 3 saturated heterocycles. The van der Waals surface area contributed by atoms with E-state index in [0.717, 1.165) is 117 Å². The lowest BCUT2D eigenvalue weighted by Gasteiger charge is -2.37. The number of hydrogen-bond donors (Lipinski definition) is 2. The van der Waals surface area contributed by atoms with Crippen LogP contribution in [0.2, 0.25) is 0 Å². The van der Waals surface area contributed by atoms with Crippen LogP contribution in [0.1, 0.15) is 67.2 Å². The molecular weight excluding hydrogens is 998 g/mol. The Hall–Kier alpha value is -5.67. The summed E-state index contributed by atoms with van der Waals surface area (Å²) in [6.07, 6.45) is 8.46. The number of aromatic nitrogens is 8. The van der Waals surface area contributed by atoms with Gasteiger partial charge in [-0.05, 0) is 133 Å². The van der Waals surface area contributed by atoms with Gasteiger partial charge in [0.25, 0.3) is 0 Å². The molecule has 0 unspecified atom stereocenters. The Morgan fingerprint density at radius 3 is 1.60 bits per heavy atom. The van der Waals surface area contributed by atoms with Gasteiger partial charge in [0.2, 0.25) is 0 Å². The van der Waals surface area contributed by atoms with Crippen molar-refractivity contribution in [2.75, 3.05) is 37.9 Å². The van der Waals surface area contributed by atoms with Crippen molar-refractivity contribution in [2.45, 2.75) is 104 Å². The van der Waals surface area contributed by atoms with Crippen LogP contribution in [0.3, 0.4) is 0 Å². The molecule has 8 aromatic rings. The first-order chi connectivity index (χ1) is 33.5. The average Bonchev–Trinajstić information content (AvgIpc) is 4.24. The van der Waals surface area contributed by atoms with Gasteiger partial charge in [0.15, 0.2) is 11.3 Å². The number of fused-ring (bicyclic) bond motifs is 4. The molecule has 2 aliphatic carbocycles. The van der Waals surface area contributed by atoms with Gasteiger partial charge < -0.3 is 39.7 Å². The van der Waals surface area contributed by atoms with Gasteiger partial charge in [-0.2, -0.15) is 10.2 Å². The molecule has 0 spiro atoms. The highest BCUT2D eigenvalue weighted by molar-refractivity contribution is 14.1. The smallest absolute Gasteiger partial charge is 0.490 e. The molecule has 0 atom stereocenters. The van der Waals surface area contributed by atoms with Crippen LogP contribution in [-0.4, -0.2) is 96.5 Å². The Balaban J connectivity index is 0.000000119. The van der Waals surface area contributed by atoms with E-state index in [-0.39, 0.29) is 29.2 Å². The van der Waals surface area contributed by atoms with Crippen LogP contribution in [0, 0.1) is 14.5 Å². The Bertz CT molecular complexity index is 3260. The van der Waals surface area contributed by atoms with E-state index in [4.69, 9.17) is 44.8 Å². The SMILES string of the molecule is CC1(C)OB(c2ccc3cc(OC4CC4)ccc3c2)OC1(C)C.CC1(Cn2nc(-c3ccc4cc(OC5CC5)ccc4c3)c3c(N)ncnc32)COC1.CC1(Cn2nc(I)c3c(N)ncnc32)COC1. The first-order valence-electron chi connectivity index (χ1n) is 24.0. The monoisotopic (exact) mass is 1060 g/mol. The zero-order valence-corrected chi connectivity index (χ0v) is 42.6. The number of nitrogens with two attached hydrogens (primary N) is 2.